The lowest BCUT2D eigenvalue weighted by Gasteiger charge is -2.43. The summed E-state index contributed by atoms with van der Waals surface area (Å²) in [7, 11) is 0. The van der Waals surface area contributed by atoms with E-state index in [0.29, 0.717) is 12.8 Å². The number of rotatable bonds is 5. The molecule has 0 aromatic carbocycles. The molecule has 0 N–H and O–H groups in total. The summed E-state index contributed by atoms with van der Waals surface area (Å²) >= 11 is 0. The zero-order valence-electron chi connectivity index (χ0n) is 13.7. The quantitative estimate of drug-likeness (QED) is 0.559. The number of hydrogen-bond acceptors (Lipinski definition) is 3. The van der Waals surface area contributed by atoms with Crippen molar-refractivity contribution in [3.05, 3.63) is 11.1 Å². The fourth-order valence-corrected chi connectivity index (χ4v) is 3.86. The molecule has 0 aromatic heterocycles. The maximum atomic E-state index is 12.5. The Morgan fingerprint density at radius 1 is 1.33 bits per heavy atom. The van der Waals surface area contributed by atoms with Crippen molar-refractivity contribution in [2.45, 2.75) is 84.7 Å². The molecule has 0 amide bonds. The van der Waals surface area contributed by atoms with Crippen LogP contribution in [0, 0.1) is 5.41 Å². The van der Waals surface area contributed by atoms with E-state index in [1.807, 2.05) is 6.92 Å². The molecule has 0 heterocycles. The Balaban J connectivity index is 2.04. The highest BCUT2D eigenvalue weighted by Crippen LogP contribution is 2.49. The third-order valence-electron chi connectivity index (χ3n) is 5.14. The maximum absolute atomic E-state index is 12.5. The lowest BCUT2D eigenvalue weighted by molar-refractivity contribution is -0.156. The van der Waals surface area contributed by atoms with E-state index in [0.717, 1.165) is 37.7 Å². The topological polar surface area (TPSA) is 43.4 Å². The molecule has 2 aliphatic rings. The van der Waals surface area contributed by atoms with Crippen LogP contribution in [-0.2, 0) is 14.3 Å². The van der Waals surface area contributed by atoms with Crippen LogP contribution >= 0.6 is 0 Å². The van der Waals surface area contributed by atoms with Crippen molar-refractivity contribution in [1.82, 2.24) is 0 Å². The van der Waals surface area contributed by atoms with Gasteiger partial charge in [-0.15, -0.1) is 0 Å². The second kappa shape index (κ2) is 6.76. The smallest absolute Gasteiger partial charge is 0.306 e. The molecule has 3 heteroatoms. The average Bonchev–Trinajstić information content (AvgIpc) is 2.44. The molecule has 1 unspecified atom stereocenters. The van der Waals surface area contributed by atoms with Crippen LogP contribution in [0.25, 0.3) is 0 Å². The van der Waals surface area contributed by atoms with E-state index in [1.165, 1.54) is 18.4 Å². The Kier molecular flexibility index (Phi) is 5.23. The van der Waals surface area contributed by atoms with Gasteiger partial charge in [0.25, 0.3) is 0 Å². The van der Waals surface area contributed by atoms with Crippen LogP contribution in [0.3, 0.4) is 0 Å². The van der Waals surface area contributed by atoms with Crippen LogP contribution in [0.5, 0.6) is 0 Å². The molecule has 2 atom stereocenters. The van der Waals surface area contributed by atoms with E-state index in [-0.39, 0.29) is 17.2 Å². The summed E-state index contributed by atoms with van der Waals surface area (Å²) in [4.78, 5) is 24.4. The zero-order chi connectivity index (χ0) is 15.5. The van der Waals surface area contributed by atoms with Gasteiger partial charge in [-0.2, -0.15) is 0 Å². The van der Waals surface area contributed by atoms with E-state index >= 15 is 0 Å². The number of carbonyl (C=O) groups excluding carboxylic acids is 2. The van der Waals surface area contributed by atoms with Gasteiger partial charge in [0.1, 0.15) is 0 Å². The summed E-state index contributed by atoms with van der Waals surface area (Å²) in [5, 5.41) is 0. The number of allylic oxidation sites excluding steroid dienone is 1. The van der Waals surface area contributed by atoms with Gasteiger partial charge < -0.3 is 4.74 Å². The van der Waals surface area contributed by atoms with E-state index in [9.17, 15) is 9.59 Å². The van der Waals surface area contributed by atoms with Gasteiger partial charge >= 0.3 is 5.97 Å². The fraction of sp³-hybridized carbons (Fsp3) is 0.778. The van der Waals surface area contributed by atoms with Crippen LogP contribution in [0.1, 0.15) is 78.6 Å². The predicted molar refractivity (Wildman–Crippen MR) is 82.9 cm³/mol. The Labute approximate surface area is 128 Å². The highest BCUT2D eigenvalue weighted by molar-refractivity contribution is 6.01. The van der Waals surface area contributed by atoms with Crippen LogP contribution in [0.15, 0.2) is 11.1 Å². The van der Waals surface area contributed by atoms with Crippen molar-refractivity contribution >= 4 is 11.8 Å². The third-order valence-corrected chi connectivity index (χ3v) is 5.14. The largest absolute Gasteiger partial charge is 0.454 e. The second-order valence-electron chi connectivity index (χ2n) is 6.88. The van der Waals surface area contributed by atoms with E-state index in [1.54, 1.807) is 0 Å². The minimum Gasteiger partial charge on any atom is -0.454 e. The van der Waals surface area contributed by atoms with Gasteiger partial charge in [-0.1, -0.05) is 38.7 Å². The molecule has 0 aliphatic heterocycles. The molecule has 0 saturated heterocycles. The first-order valence-corrected chi connectivity index (χ1v) is 8.42. The molecule has 1 fully saturated rings. The van der Waals surface area contributed by atoms with Gasteiger partial charge in [0.2, 0.25) is 0 Å². The van der Waals surface area contributed by atoms with Gasteiger partial charge in [0.05, 0.1) is 0 Å². The monoisotopic (exact) mass is 292 g/mol. The van der Waals surface area contributed by atoms with Crippen molar-refractivity contribution in [2.75, 3.05) is 0 Å². The normalized spacial score (nSPS) is 29.3. The molecular weight excluding hydrogens is 264 g/mol. The molecule has 0 aromatic rings. The first-order chi connectivity index (χ1) is 9.98. The number of esters is 1. The van der Waals surface area contributed by atoms with E-state index < -0.39 is 6.10 Å². The first kappa shape index (κ1) is 16.3. The first-order valence-electron chi connectivity index (χ1n) is 8.42. The molecule has 3 nitrogen and oxygen atoms in total. The van der Waals surface area contributed by atoms with Crippen LogP contribution in [0.4, 0.5) is 0 Å². The molecule has 2 rings (SSSR count). The summed E-state index contributed by atoms with van der Waals surface area (Å²) < 4.78 is 5.51. The van der Waals surface area contributed by atoms with Crippen molar-refractivity contribution in [3.63, 3.8) is 0 Å². The average molecular weight is 292 g/mol. The summed E-state index contributed by atoms with van der Waals surface area (Å²) in [6, 6.07) is 0. The number of Topliss-reactive ketones (excluding diaryl/α,β-unsaturated/α-hetero) is 1. The van der Waals surface area contributed by atoms with Crippen molar-refractivity contribution in [2.24, 2.45) is 5.41 Å². The maximum Gasteiger partial charge on any atom is 0.306 e. The SMILES string of the molecule is CCCCCC(=O)OC1C[C@]2(C)CCCCC2=C(C)C1=O. The highest BCUT2D eigenvalue weighted by Gasteiger charge is 2.44. The number of unbranched alkanes of at least 4 members (excludes halogenated alkanes) is 2. The Hall–Kier alpha value is -1.12. The molecule has 118 valence electrons. The third kappa shape index (κ3) is 3.56. The fourth-order valence-electron chi connectivity index (χ4n) is 3.86. The molecular formula is C18H28O3. The summed E-state index contributed by atoms with van der Waals surface area (Å²) in [5.41, 5.74) is 2.23. The summed E-state index contributed by atoms with van der Waals surface area (Å²) in [6.07, 6.45) is 8.06. The molecule has 2 aliphatic carbocycles. The minimum atomic E-state index is -0.550. The molecule has 1 saturated carbocycles. The number of ether oxygens (including phenoxy) is 1. The van der Waals surface area contributed by atoms with Crippen LogP contribution in [-0.4, -0.2) is 17.9 Å². The highest BCUT2D eigenvalue weighted by atomic mass is 16.5. The van der Waals surface area contributed by atoms with E-state index in [4.69, 9.17) is 4.74 Å². The van der Waals surface area contributed by atoms with Crippen molar-refractivity contribution in [1.29, 1.82) is 0 Å². The Morgan fingerprint density at radius 2 is 2.10 bits per heavy atom. The zero-order valence-corrected chi connectivity index (χ0v) is 13.7. The van der Waals surface area contributed by atoms with Gasteiger partial charge in [-0.05, 0) is 43.6 Å². The van der Waals surface area contributed by atoms with Crippen molar-refractivity contribution < 1.29 is 14.3 Å². The summed E-state index contributed by atoms with van der Waals surface area (Å²) in [5.74, 6) is -0.175. The number of hydrogen-bond donors (Lipinski definition) is 0. The van der Waals surface area contributed by atoms with Gasteiger partial charge in [0, 0.05) is 12.8 Å². The number of ketones is 1. The van der Waals surface area contributed by atoms with Gasteiger partial charge in [0.15, 0.2) is 11.9 Å². The van der Waals surface area contributed by atoms with Crippen LogP contribution < -0.4 is 0 Å². The number of carbonyl (C=O) groups is 2. The minimum absolute atomic E-state index is 0.0354. The van der Waals surface area contributed by atoms with Crippen LogP contribution in [0.2, 0.25) is 0 Å². The standard InChI is InChI=1S/C18H28O3/c1-4-5-6-10-16(19)21-15-12-18(3)11-8-7-9-14(18)13(2)17(15)20/h15H,4-12H2,1-3H3/t15?,18-/m0/s1. The Morgan fingerprint density at radius 3 is 2.81 bits per heavy atom. The van der Waals surface area contributed by atoms with Gasteiger partial charge in [-0.3, -0.25) is 9.59 Å². The molecule has 0 spiro atoms. The molecule has 21 heavy (non-hydrogen) atoms. The van der Waals surface area contributed by atoms with Crippen molar-refractivity contribution in [3.8, 4) is 0 Å². The predicted octanol–water partition coefficient (Wildman–Crippen LogP) is 4.35. The van der Waals surface area contributed by atoms with Gasteiger partial charge in [-0.25, -0.2) is 0 Å². The lowest BCUT2D eigenvalue weighted by Crippen LogP contribution is -2.41. The van der Waals surface area contributed by atoms with E-state index in [2.05, 4.69) is 13.8 Å². The number of fused-ring (bicyclic) bond motifs is 1. The lowest BCUT2D eigenvalue weighted by atomic mass is 9.63. The second-order valence-corrected chi connectivity index (χ2v) is 6.88. The summed E-state index contributed by atoms with van der Waals surface area (Å²) in [6.45, 7) is 6.25. The Bertz CT molecular complexity index is 449. The molecule has 0 bridgehead atoms. The molecule has 0 radical (unpaired) electrons.